The van der Waals surface area contributed by atoms with Crippen molar-refractivity contribution in [2.75, 3.05) is 18.1 Å². The highest BCUT2D eigenvalue weighted by molar-refractivity contribution is 7.91. The predicted octanol–water partition coefficient (Wildman–Crippen LogP) is 1.89. The molecule has 2 aromatic rings. The summed E-state index contributed by atoms with van der Waals surface area (Å²) in [7, 11) is -3.03. The van der Waals surface area contributed by atoms with Crippen LogP contribution in [0.1, 0.15) is 23.0 Å². The van der Waals surface area contributed by atoms with E-state index in [9.17, 15) is 13.2 Å². The zero-order valence-electron chi connectivity index (χ0n) is 12.4. The Hall–Kier alpha value is -1.93. The first-order valence-corrected chi connectivity index (χ1v) is 9.93. The number of hydrogen-bond acceptors (Lipinski definition) is 5. The molecule has 2 aromatic heterocycles. The van der Waals surface area contributed by atoms with Crippen molar-refractivity contribution in [2.45, 2.75) is 12.5 Å². The van der Waals surface area contributed by atoms with Gasteiger partial charge in [-0.2, -0.15) is 5.10 Å². The van der Waals surface area contributed by atoms with Gasteiger partial charge in [0.25, 0.3) is 5.91 Å². The molecule has 0 spiro atoms. The number of rotatable bonds is 5. The summed E-state index contributed by atoms with van der Waals surface area (Å²) in [5, 5.41) is 9.01. The normalized spacial score (nSPS) is 19.6. The van der Waals surface area contributed by atoms with E-state index < -0.39 is 9.84 Å². The van der Waals surface area contributed by atoms with Crippen molar-refractivity contribution in [3.05, 3.63) is 41.9 Å². The average molecular weight is 351 g/mol. The van der Waals surface area contributed by atoms with Crippen LogP contribution >= 0.6 is 11.3 Å². The molecule has 1 aliphatic rings. The Labute approximate surface area is 138 Å². The number of hydrogen-bond donors (Lipinski definition) is 1. The Morgan fingerprint density at radius 1 is 1.57 bits per heavy atom. The van der Waals surface area contributed by atoms with Gasteiger partial charge in [0.05, 0.1) is 28.1 Å². The van der Waals surface area contributed by atoms with Crippen LogP contribution in [0.15, 0.2) is 36.2 Å². The molecule has 1 aliphatic heterocycles. The van der Waals surface area contributed by atoms with Crippen LogP contribution in [0.25, 0.3) is 10.6 Å². The number of carbonyl (C=O) groups excluding carboxylic acids is 1. The van der Waals surface area contributed by atoms with Gasteiger partial charge in [0.2, 0.25) is 0 Å². The minimum atomic E-state index is -3.03. The quantitative estimate of drug-likeness (QED) is 0.834. The zero-order valence-corrected chi connectivity index (χ0v) is 14.1. The second-order valence-electron chi connectivity index (χ2n) is 5.39. The van der Waals surface area contributed by atoms with E-state index in [1.165, 1.54) is 11.3 Å². The summed E-state index contributed by atoms with van der Waals surface area (Å²) in [4.78, 5) is 13.1. The lowest BCUT2D eigenvalue weighted by atomic mass is 10.2. The number of amides is 1. The Balaban J connectivity index is 1.98. The van der Waals surface area contributed by atoms with E-state index >= 15 is 0 Å². The van der Waals surface area contributed by atoms with Gasteiger partial charge in [-0.3, -0.25) is 9.48 Å². The van der Waals surface area contributed by atoms with Gasteiger partial charge in [-0.05, 0) is 23.9 Å². The van der Waals surface area contributed by atoms with E-state index in [-0.39, 0.29) is 23.5 Å². The molecule has 8 heteroatoms. The smallest absolute Gasteiger partial charge is 0.272 e. The van der Waals surface area contributed by atoms with Crippen LogP contribution in [-0.4, -0.2) is 42.2 Å². The molecule has 1 saturated heterocycles. The summed E-state index contributed by atoms with van der Waals surface area (Å²) < 4.78 is 25.2. The van der Waals surface area contributed by atoms with E-state index in [4.69, 9.17) is 0 Å². The fourth-order valence-corrected chi connectivity index (χ4v) is 5.04. The molecule has 6 nitrogen and oxygen atoms in total. The molecular weight excluding hydrogens is 334 g/mol. The van der Waals surface area contributed by atoms with Crippen molar-refractivity contribution in [3.8, 4) is 10.6 Å². The monoisotopic (exact) mass is 351 g/mol. The predicted molar refractivity (Wildman–Crippen MR) is 90.4 cm³/mol. The van der Waals surface area contributed by atoms with E-state index in [0.717, 1.165) is 10.6 Å². The first-order valence-electron chi connectivity index (χ1n) is 7.23. The van der Waals surface area contributed by atoms with E-state index in [1.807, 2.05) is 17.5 Å². The number of aromatic nitrogens is 2. The standard InChI is InChI=1S/C15H17N3O3S2/c1-2-6-16-15(19)12-9-13(14-4-3-7-22-14)18(17-12)11-5-8-23(20,21)10-11/h2-4,7,9,11H,1,5-6,8,10H2,(H,16,19)/t11-/m1/s1. The van der Waals surface area contributed by atoms with Crippen molar-refractivity contribution in [2.24, 2.45) is 0 Å². The Bertz CT molecular complexity index is 822. The maximum Gasteiger partial charge on any atom is 0.272 e. The van der Waals surface area contributed by atoms with Crippen LogP contribution in [0, 0.1) is 0 Å². The summed E-state index contributed by atoms with van der Waals surface area (Å²) in [6, 6.07) is 5.35. The van der Waals surface area contributed by atoms with Gasteiger partial charge in [0.15, 0.2) is 15.5 Å². The molecule has 0 aliphatic carbocycles. The third kappa shape index (κ3) is 3.37. The molecule has 0 bridgehead atoms. The molecule has 1 N–H and O–H groups in total. The summed E-state index contributed by atoms with van der Waals surface area (Å²) in [5.41, 5.74) is 1.07. The Morgan fingerprint density at radius 2 is 2.39 bits per heavy atom. The molecule has 122 valence electrons. The summed E-state index contributed by atoms with van der Waals surface area (Å²) in [5.74, 6) is -0.0532. The van der Waals surface area contributed by atoms with Gasteiger partial charge in [-0.1, -0.05) is 12.1 Å². The minimum Gasteiger partial charge on any atom is -0.347 e. The Kier molecular flexibility index (Phi) is 4.36. The number of carbonyl (C=O) groups is 1. The highest BCUT2D eigenvalue weighted by Crippen LogP contribution is 2.32. The fourth-order valence-electron chi connectivity index (χ4n) is 2.62. The first kappa shape index (κ1) is 15.9. The van der Waals surface area contributed by atoms with E-state index in [0.29, 0.717) is 18.7 Å². The zero-order chi connectivity index (χ0) is 16.4. The van der Waals surface area contributed by atoms with Gasteiger partial charge in [-0.25, -0.2) is 8.42 Å². The molecule has 0 aromatic carbocycles. The third-order valence-electron chi connectivity index (χ3n) is 3.70. The molecule has 0 saturated carbocycles. The van der Waals surface area contributed by atoms with Gasteiger partial charge >= 0.3 is 0 Å². The third-order valence-corrected chi connectivity index (χ3v) is 6.35. The van der Waals surface area contributed by atoms with Gasteiger partial charge in [-0.15, -0.1) is 17.9 Å². The highest BCUT2D eigenvalue weighted by atomic mass is 32.2. The lowest BCUT2D eigenvalue weighted by molar-refractivity contribution is 0.0952. The van der Waals surface area contributed by atoms with Crippen LogP contribution in [0.5, 0.6) is 0 Å². The number of thiophene rings is 1. The second-order valence-corrected chi connectivity index (χ2v) is 8.57. The second kappa shape index (κ2) is 6.29. The lowest BCUT2D eigenvalue weighted by Crippen LogP contribution is -2.24. The topological polar surface area (TPSA) is 81.1 Å². The number of sulfone groups is 1. The van der Waals surface area contributed by atoms with Crippen LogP contribution in [0.4, 0.5) is 0 Å². The molecule has 23 heavy (non-hydrogen) atoms. The highest BCUT2D eigenvalue weighted by Gasteiger charge is 2.32. The molecule has 3 heterocycles. The van der Waals surface area contributed by atoms with E-state index in [1.54, 1.807) is 16.8 Å². The van der Waals surface area contributed by atoms with Gasteiger partial charge < -0.3 is 5.32 Å². The molecule has 3 rings (SSSR count). The van der Waals surface area contributed by atoms with Crippen molar-refractivity contribution in [3.63, 3.8) is 0 Å². The fraction of sp³-hybridized carbons (Fsp3) is 0.333. The van der Waals surface area contributed by atoms with Crippen molar-refractivity contribution in [1.29, 1.82) is 0 Å². The van der Waals surface area contributed by atoms with Crippen LogP contribution in [-0.2, 0) is 9.84 Å². The summed E-state index contributed by atoms with van der Waals surface area (Å²) in [6.45, 7) is 3.92. The molecule has 0 radical (unpaired) electrons. The van der Waals surface area contributed by atoms with Gasteiger partial charge in [0, 0.05) is 6.54 Å². The SMILES string of the molecule is C=CCNC(=O)c1cc(-c2cccs2)n([C@@H]2CCS(=O)(=O)C2)n1. The van der Waals surface area contributed by atoms with Gasteiger partial charge in [0.1, 0.15) is 0 Å². The largest absolute Gasteiger partial charge is 0.347 e. The minimum absolute atomic E-state index is 0.0702. The van der Waals surface area contributed by atoms with Crippen molar-refractivity contribution < 1.29 is 13.2 Å². The maximum absolute atomic E-state index is 12.1. The number of nitrogens with zero attached hydrogens (tertiary/aromatic N) is 2. The average Bonchev–Trinajstić information content (AvgIpc) is 3.22. The lowest BCUT2D eigenvalue weighted by Gasteiger charge is -2.12. The maximum atomic E-state index is 12.1. The van der Waals surface area contributed by atoms with Crippen LogP contribution < -0.4 is 5.32 Å². The number of nitrogens with one attached hydrogen (secondary N) is 1. The molecule has 1 fully saturated rings. The molecule has 1 atom stereocenters. The molecule has 1 amide bonds. The van der Waals surface area contributed by atoms with Crippen molar-refractivity contribution in [1.82, 2.24) is 15.1 Å². The first-order chi connectivity index (χ1) is 11.0. The molecular formula is C15H17N3O3S2. The van der Waals surface area contributed by atoms with E-state index in [2.05, 4.69) is 17.0 Å². The summed E-state index contributed by atoms with van der Waals surface area (Å²) in [6.07, 6.45) is 2.12. The van der Waals surface area contributed by atoms with Crippen LogP contribution in [0.3, 0.4) is 0 Å². The van der Waals surface area contributed by atoms with Crippen LogP contribution in [0.2, 0.25) is 0 Å². The van der Waals surface area contributed by atoms with Crippen molar-refractivity contribution >= 4 is 27.1 Å². The molecule has 0 unspecified atom stereocenters. The summed E-state index contributed by atoms with van der Waals surface area (Å²) >= 11 is 1.53. The Morgan fingerprint density at radius 3 is 3.00 bits per heavy atom.